The maximum absolute atomic E-state index is 12.2. The molecule has 0 aromatic heterocycles. The van der Waals surface area contributed by atoms with E-state index in [0.717, 1.165) is 18.4 Å². The summed E-state index contributed by atoms with van der Waals surface area (Å²) in [5.74, 6) is -0.669. The van der Waals surface area contributed by atoms with E-state index in [1.807, 2.05) is 0 Å². The van der Waals surface area contributed by atoms with E-state index in [4.69, 9.17) is 9.47 Å². The second kappa shape index (κ2) is 8.50. The number of rotatable bonds is 6. The Balaban J connectivity index is 2.86. The number of ether oxygens (including phenoxy) is 2. The van der Waals surface area contributed by atoms with Gasteiger partial charge in [-0.05, 0) is 49.2 Å². The molecular weight excluding hydrogens is 304 g/mol. The summed E-state index contributed by atoms with van der Waals surface area (Å²) in [5, 5.41) is 0. The van der Waals surface area contributed by atoms with Crippen LogP contribution in [-0.2, 0) is 19.1 Å². The number of esters is 2. The van der Waals surface area contributed by atoms with Crippen LogP contribution in [0.4, 0.5) is 0 Å². The number of carbonyl (C=O) groups excluding carboxylic acids is 2. The van der Waals surface area contributed by atoms with Gasteiger partial charge in [0, 0.05) is 6.92 Å². The Hall–Kier alpha value is -1.58. The molecule has 0 saturated carbocycles. The van der Waals surface area contributed by atoms with Crippen LogP contribution in [0.15, 0.2) is 23.3 Å². The van der Waals surface area contributed by atoms with Crippen molar-refractivity contribution < 1.29 is 19.1 Å². The third kappa shape index (κ3) is 5.81. The predicted octanol–water partition coefficient (Wildman–Crippen LogP) is 4.45. The highest BCUT2D eigenvalue weighted by Gasteiger charge is 2.34. The molecule has 136 valence electrons. The lowest BCUT2D eigenvalue weighted by atomic mass is 9.71. The predicted molar refractivity (Wildman–Crippen MR) is 95.4 cm³/mol. The van der Waals surface area contributed by atoms with Gasteiger partial charge in [-0.25, -0.2) is 0 Å². The van der Waals surface area contributed by atoms with Crippen molar-refractivity contribution in [2.24, 2.45) is 17.3 Å². The van der Waals surface area contributed by atoms with Crippen LogP contribution >= 0.6 is 0 Å². The van der Waals surface area contributed by atoms with Crippen LogP contribution in [0.5, 0.6) is 0 Å². The van der Waals surface area contributed by atoms with E-state index in [0.29, 0.717) is 5.92 Å². The molecular formula is C20H32O4. The Bertz CT molecular complexity index is 526. The first-order valence-electron chi connectivity index (χ1n) is 8.78. The molecule has 0 aliphatic heterocycles. The van der Waals surface area contributed by atoms with Gasteiger partial charge >= 0.3 is 11.9 Å². The Kier molecular flexibility index (Phi) is 7.25. The second-order valence-corrected chi connectivity index (χ2v) is 7.75. The van der Waals surface area contributed by atoms with E-state index in [9.17, 15) is 9.59 Å². The molecule has 1 unspecified atom stereocenters. The van der Waals surface area contributed by atoms with Crippen LogP contribution in [0.1, 0.15) is 61.3 Å². The van der Waals surface area contributed by atoms with E-state index in [-0.39, 0.29) is 30.1 Å². The van der Waals surface area contributed by atoms with Crippen molar-refractivity contribution in [3.8, 4) is 0 Å². The van der Waals surface area contributed by atoms with Crippen molar-refractivity contribution in [1.82, 2.24) is 0 Å². The molecule has 24 heavy (non-hydrogen) atoms. The van der Waals surface area contributed by atoms with Crippen LogP contribution in [0.3, 0.4) is 0 Å². The zero-order valence-electron chi connectivity index (χ0n) is 16.1. The van der Waals surface area contributed by atoms with Crippen LogP contribution in [0.2, 0.25) is 0 Å². The van der Waals surface area contributed by atoms with Crippen molar-refractivity contribution in [2.45, 2.75) is 67.4 Å². The summed E-state index contributed by atoms with van der Waals surface area (Å²) in [6.07, 6.45) is 5.97. The number of allylic oxidation sites excluding steroid dienone is 3. The highest BCUT2D eigenvalue weighted by Crippen LogP contribution is 2.42. The molecule has 0 amide bonds. The smallest absolute Gasteiger partial charge is 0.312 e. The van der Waals surface area contributed by atoms with Crippen molar-refractivity contribution in [2.75, 3.05) is 6.61 Å². The lowest BCUT2D eigenvalue weighted by Gasteiger charge is -2.37. The quantitative estimate of drug-likeness (QED) is 0.673. The first kappa shape index (κ1) is 20.5. The molecule has 0 radical (unpaired) electrons. The maximum atomic E-state index is 12.2. The van der Waals surface area contributed by atoms with Gasteiger partial charge in [0.2, 0.25) is 0 Å². The summed E-state index contributed by atoms with van der Waals surface area (Å²) in [5.41, 5.74) is 2.46. The van der Waals surface area contributed by atoms with E-state index in [1.54, 1.807) is 6.92 Å². The summed E-state index contributed by atoms with van der Waals surface area (Å²) in [6, 6.07) is 0. The van der Waals surface area contributed by atoms with Gasteiger partial charge < -0.3 is 9.47 Å². The molecule has 1 aliphatic rings. The van der Waals surface area contributed by atoms with Crippen LogP contribution < -0.4 is 0 Å². The fourth-order valence-corrected chi connectivity index (χ4v) is 2.91. The minimum Gasteiger partial charge on any atom is -0.465 e. The van der Waals surface area contributed by atoms with Gasteiger partial charge in [-0.15, -0.1) is 0 Å². The summed E-state index contributed by atoms with van der Waals surface area (Å²) in [7, 11) is 0. The standard InChI is InChI=1S/C20H32O4/c1-13(2)8-9-17-15(4)18(10-11-20(17,6)7)24-19(22)14(3)12-23-16(5)21/h8-9,13-14,18H,10-12H2,1-7H3/b9-8+/t14?,18-/m1/s1. The van der Waals surface area contributed by atoms with Crippen LogP contribution in [0, 0.1) is 17.3 Å². The average molecular weight is 336 g/mol. The van der Waals surface area contributed by atoms with Crippen molar-refractivity contribution in [3.63, 3.8) is 0 Å². The Labute approximate surface area is 146 Å². The molecule has 2 atom stereocenters. The zero-order valence-corrected chi connectivity index (χ0v) is 16.1. The van der Waals surface area contributed by atoms with E-state index in [1.165, 1.54) is 12.5 Å². The monoisotopic (exact) mass is 336 g/mol. The highest BCUT2D eigenvalue weighted by atomic mass is 16.6. The zero-order chi connectivity index (χ0) is 18.5. The molecule has 0 saturated heterocycles. The molecule has 1 aliphatic carbocycles. The third-order valence-corrected chi connectivity index (χ3v) is 4.51. The van der Waals surface area contributed by atoms with E-state index in [2.05, 4.69) is 46.8 Å². The fraction of sp³-hybridized carbons (Fsp3) is 0.700. The van der Waals surface area contributed by atoms with E-state index < -0.39 is 5.92 Å². The first-order valence-corrected chi connectivity index (χ1v) is 8.78. The van der Waals surface area contributed by atoms with Crippen molar-refractivity contribution in [1.29, 1.82) is 0 Å². The Morgan fingerprint density at radius 3 is 2.46 bits per heavy atom. The number of hydrogen-bond acceptors (Lipinski definition) is 4. The molecule has 0 aromatic rings. The molecule has 0 aromatic carbocycles. The summed E-state index contributed by atoms with van der Waals surface area (Å²) < 4.78 is 10.6. The molecule has 0 bridgehead atoms. The number of carbonyl (C=O) groups is 2. The van der Waals surface area contributed by atoms with Crippen molar-refractivity contribution in [3.05, 3.63) is 23.3 Å². The van der Waals surface area contributed by atoms with Gasteiger partial charge in [0.25, 0.3) is 0 Å². The maximum Gasteiger partial charge on any atom is 0.312 e. The summed E-state index contributed by atoms with van der Waals surface area (Å²) >= 11 is 0. The first-order chi connectivity index (χ1) is 11.0. The van der Waals surface area contributed by atoms with Gasteiger partial charge in [-0.2, -0.15) is 0 Å². The minimum atomic E-state index is -0.453. The lowest BCUT2D eigenvalue weighted by Crippen LogP contribution is -2.33. The fourth-order valence-electron chi connectivity index (χ4n) is 2.91. The van der Waals surface area contributed by atoms with Crippen LogP contribution in [-0.4, -0.2) is 24.6 Å². The van der Waals surface area contributed by atoms with Crippen molar-refractivity contribution >= 4 is 11.9 Å². The van der Waals surface area contributed by atoms with Gasteiger partial charge in [0.05, 0.1) is 5.92 Å². The largest absolute Gasteiger partial charge is 0.465 e. The molecule has 0 N–H and O–H groups in total. The molecule has 4 nitrogen and oxygen atoms in total. The molecule has 4 heteroatoms. The summed E-state index contributed by atoms with van der Waals surface area (Å²) in [4.78, 5) is 23.1. The average Bonchev–Trinajstić information content (AvgIpc) is 2.46. The Morgan fingerprint density at radius 1 is 1.29 bits per heavy atom. The molecule has 0 spiro atoms. The number of hydrogen-bond donors (Lipinski definition) is 0. The van der Waals surface area contributed by atoms with Gasteiger partial charge in [0.1, 0.15) is 12.7 Å². The minimum absolute atomic E-state index is 0.0647. The van der Waals surface area contributed by atoms with Gasteiger partial charge in [-0.3, -0.25) is 9.59 Å². The Morgan fingerprint density at radius 2 is 1.92 bits per heavy atom. The van der Waals surface area contributed by atoms with Gasteiger partial charge in [0.15, 0.2) is 0 Å². The molecule has 0 heterocycles. The SMILES string of the molecule is CC(=O)OCC(C)C(=O)O[C@@H]1CCC(C)(C)C(/C=C/C(C)C)=C1C. The third-order valence-electron chi connectivity index (χ3n) is 4.51. The highest BCUT2D eigenvalue weighted by molar-refractivity contribution is 5.73. The molecule has 1 rings (SSSR count). The lowest BCUT2D eigenvalue weighted by molar-refractivity contribution is -0.157. The van der Waals surface area contributed by atoms with Crippen LogP contribution in [0.25, 0.3) is 0 Å². The second-order valence-electron chi connectivity index (χ2n) is 7.75. The molecule has 0 fully saturated rings. The normalized spacial score (nSPS) is 21.9. The van der Waals surface area contributed by atoms with E-state index >= 15 is 0 Å². The summed E-state index contributed by atoms with van der Waals surface area (Å²) in [6.45, 7) is 13.9. The van der Waals surface area contributed by atoms with Gasteiger partial charge in [-0.1, -0.05) is 39.8 Å². The topological polar surface area (TPSA) is 52.6 Å².